The van der Waals surface area contributed by atoms with E-state index in [2.05, 4.69) is 5.32 Å². The van der Waals surface area contributed by atoms with E-state index in [-0.39, 0.29) is 5.91 Å². The number of carbonyl (C=O) groups excluding carboxylic acids is 1. The summed E-state index contributed by atoms with van der Waals surface area (Å²) in [7, 11) is 0. The second-order valence-electron chi connectivity index (χ2n) is 7.65. The fraction of sp³-hybridized carbons (Fsp3) is 0.167. The highest BCUT2D eigenvalue weighted by Crippen LogP contribution is 2.25. The molecule has 4 rings (SSSR count). The van der Waals surface area contributed by atoms with Crippen LogP contribution in [0.2, 0.25) is 5.02 Å². The molecule has 4 aromatic rings. The average Bonchev–Trinajstić information content (AvgIpc) is 3.16. The Balaban J connectivity index is 1.53. The van der Waals surface area contributed by atoms with E-state index >= 15 is 0 Å². The Labute approximate surface area is 180 Å². The van der Waals surface area contributed by atoms with Crippen LogP contribution < -0.4 is 10.1 Å². The van der Waals surface area contributed by atoms with Crippen molar-refractivity contribution in [3.63, 3.8) is 0 Å². The summed E-state index contributed by atoms with van der Waals surface area (Å²) in [5.41, 5.74) is 3.40. The summed E-state index contributed by atoms with van der Waals surface area (Å²) >= 11 is 5.91. The number of ether oxygens (including phenoxy) is 1. The van der Waals surface area contributed by atoms with Crippen LogP contribution in [0.3, 0.4) is 0 Å². The predicted molar refractivity (Wildman–Crippen MR) is 120 cm³/mol. The number of carbonyl (C=O) groups is 1. The molecule has 0 aliphatic carbocycles. The van der Waals surface area contributed by atoms with Crippen molar-refractivity contribution < 1.29 is 9.53 Å². The van der Waals surface area contributed by atoms with E-state index in [0.29, 0.717) is 16.5 Å². The van der Waals surface area contributed by atoms with Gasteiger partial charge < -0.3 is 14.5 Å². The normalized spacial score (nSPS) is 11.5. The highest BCUT2D eigenvalue weighted by molar-refractivity contribution is 6.30. The number of halogens is 1. The Hall–Kier alpha value is -3.31. The number of fused-ring (bicyclic) bond motifs is 1. The first-order chi connectivity index (χ1) is 14.3. The van der Waals surface area contributed by atoms with E-state index in [1.165, 1.54) is 0 Å². The maximum atomic E-state index is 12.9. The van der Waals surface area contributed by atoms with Crippen LogP contribution in [0.15, 0.2) is 73.1 Å². The molecule has 152 valence electrons. The number of anilines is 1. The number of imidazole rings is 1. The van der Waals surface area contributed by atoms with Gasteiger partial charge in [-0.25, -0.2) is 4.98 Å². The summed E-state index contributed by atoms with van der Waals surface area (Å²) in [6, 6.07) is 18.6. The van der Waals surface area contributed by atoms with Crippen molar-refractivity contribution in [2.75, 3.05) is 5.32 Å². The molecule has 0 bridgehead atoms. The lowest BCUT2D eigenvalue weighted by Crippen LogP contribution is -2.42. The van der Waals surface area contributed by atoms with Crippen LogP contribution in [0.5, 0.6) is 5.75 Å². The number of aromatic nitrogens is 2. The first-order valence-corrected chi connectivity index (χ1v) is 10.0. The molecule has 1 amide bonds. The van der Waals surface area contributed by atoms with Gasteiger partial charge in [-0.2, -0.15) is 0 Å². The van der Waals surface area contributed by atoms with E-state index in [0.717, 1.165) is 22.5 Å². The number of rotatable bonds is 5. The van der Waals surface area contributed by atoms with E-state index < -0.39 is 5.60 Å². The highest BCUT2D eigenvalue weighted by atomic mass is 35.5. The first-order valence-electron chi connectivity index (χ1n) is 9.63. The number of benzene rings is 2. The highest BCUT2D eigenvalue weighted by Gasteiger charge is 2.30. The van der Waals surface area contributed by atoms with Gasteiger partial charge in [0.2, 0.25) is 0 Å². The van der Waals surface area contributed by atoms with Crippen molar-refractivity contribution in [1.82, 2.24) is 9.38 Å². The Bertz CT molecular complexity index is 1210. The molecule has 2 heterocycles. The third-order valence-electron chi connectivity index (χ3n) is 4.83. The third-order valence-corrected chi connectivity index (χ3v) is 5.08. The smallest absolute Gasteiger partial charge is 0.267 e. The Morgan fingerprint density at radius 1 is 1.10 bits per heavy atom. The van der Waals surface area contributed by atoms with Gasteiger partial charge in [0, 0.05) is 28.7 Å². The molecule has 0 saturated carbocycles. The van der Waals surface area contributed by atoms with Crippen molar-refractivity contribution in [1.29, 1.82) is 0 Å². The molecule has 5 nitrogen and oxygen atoms in total. The van der Waals surface area contributed by atoms with Gasteiger partial charge in [-0.1, -0.05) is 29.8 Å². The molecule has 0 aliphatic rings. The topological polar surface area (TPSA) is 55.6 Å². The maximum absolute atomic E-state index is 12.9. The molecule has 0 saturated heterocycles. The van der Waals surface area contributed by atoms with Crippen molar-refractivity contribution in [3.05, 3.63) is 83.6 Å². The predicted octanol–water partition coefficient (Wildman–Crippen LogP) is 5.76. The van der Waals surface area contributed by atoms with Crippen LogP contribution in [0.25, 0.3) is 16.9 Å². The molecule has 2 aromatic heterocycles. The number of hydrogen-bond donors (Lipinski definition) is 1. The molecule has 0 fully saturated rings. The van der Waals surface area contributed by atoms with E-state index in [1.807, 2.05) is 60.1 Å². The van der Waals surface area contributed by atoms with Gasteiger partial charge >= 0.3 is 0 Å². The van der Waals surface area contributed by atoms with Crippen LogP contribution in [-0.4, -0.2) is 20.9 Å². The number of aryl methyl sites for hydroxylation is 1. The lowest BCUT2D eigenvalue weighted by molar-refractivity contribution is -0.128. The Kier molecular flexibility index (Phi) is 5.22. The standard InChI is InChI=1S/C24H22ClN3O2/c1-16-6-5-13-28-15-21(27-22(16)28)17-7-4-8-19(14-17)26-23(29)24(2,3)30-20-11-9-18(25)10-12-20/h4-15H,1-3H3,(H,26,29). The number of hydrogen-bond acceptors (Lipinski definition) is 3. The molecule has 0 radical (unpaired) electrons. The molecule has 30 heavy (non-hydrogen) atoms. The van der Waals surface area contributed by atoms with E-state index in [4.69, 9.17) is 21.3 Å². The molecule has 0 unspecified atom stereocenters. The van der Waals surface area contributed by atoms with Gasteiger partial charge in [-0.3, -0.25) is 4.79 Å². The van der Waals surface area contributed by atoms with Crippen molar-refractivity contribution in [2.24, 2.45) is 0 Å². The SMILES string of the molecule is Cc1cccn2cc(-c3cccc(NC(=O)C(C)(C)Oc4ccc(Cl)cc4)c3)nc12. The Morgan fingerprint density at radius 3 is 2.60 bits per heavy atom. The maximum Gasteiger partial charge on any atom is 0.267 e. The second-order valence-corrected chi connectivity index (χ2v) is 8.09. The van der Waals surface area contributed by atoms with Crippen molar-refractivity contribution in [2.45, 2.75) is 26.4 Å². The van der Waals surface area contributed by atoms with Crippen LogP contribution in [0.1, 0.15) is 19.4 Å². The summed E-state index contributed by atoms with van der Waals surface area (Å²) in [5.74, 6) is 0.328. The van der Waals surface area contributed by atoms with Gasteiger partial charge in [0.05, 0.1) is 5.69 Å². The zero-order valence-corrected chi connectivity index (χ0v) is 17.8. The van der Waals surface area contributed by atoms with E-state index in [9.17, 15) is 4.79 Å². The lowest BCUT2D eigenvalue weighted by atomic mass is 10.1. The molecule has 1 N–H and O–H groups in total. The van der Waals surface area contributed by atoms with Crippen molar-refractivity contribution >= 4 is 28.8 Å². The third kappa shape index (κ3) is 4.16. The minimum absolute atomic E-state index is 0.250. The molecular formula is C24H22ClN3O2. The minimum Gasteiger partial charge on any atom is -0.478 e. The summed E-state index contributed by atoms with van der Waals surface area (Å²) in [4.78, 5) is 17.6. The fourth-order valence-corrected chi connectivity index (χ4v) is 3.30. The molecule has 2 aromatic carbocycles. The van der Waals surface area contributed by atoms with Crippen LogP contribution in [0, 0.1) is 6.92 Å². The summed E-state index contributed by atoms with van der Waals surface area (Å²) in [6.45, 7) is 5.49. The lowest BCUT2D eigenvalue weighted by Gasteiger charge is -2.25. The Morgan fingerprint density at radius 2 is 1.87 bits per heavy atom. The van der Waals surface area contributed by atoms with E-state index in [1.54, 1.807) is 38.1 Å². The summed E-state index contributed by atoms with van der Waals surface area (Å²) < 4.78 is 7.87. The molecule has 0 atom stereocenters. The quantitative estimate of drug-likeness (QED) is 0.447. The van der Waals surface area contributed by atoms with Gasteiger partial charge in [-0.05, 0) is 68.8 Å². The van der Waals surface area contributed by atoms with Gasteiger partial charge in [0.15, 0.2) is 5.60 Å². The van der Waals surface area contributed by atoms with Crippen molar-refractivity contribution in [3.8, 4) is 17.0 Å². The van der Waals surface area contributed by atoms with Gasteiger partial charge in [-0.15, -0.1) is 0 Å². The van der Waals surface area contributed by atoms with Crippen LogP contribution in [0.4, 0.5) is 5.69 Å². The number of nitrogens with zero attached hydrogens (tertiary/aromatic N) is 2. The fourth-order valence-electron chi connectivity index (χ4n) is 3.17. The van der Waals surface area contributed by atoms with Gasteiger partial charge in [0.25, 0.3) is 5.91 Å². The number of amides is 1. The summed E-state index contributed by atoms with van der Waals surface area (Å²) in [6.07, 6.45) is 3.96. The largest absolute Gasteiger partial charge is 0.478 e. The zero-order valence-electron chi connectivity index (χ0n) is 17.0. The molecule has 0 spiro atoms. The summed E-state index contributed by atoms with van der Waals surface area (Å²) in [5, 5.41) is 3.56. The molecule has 6 heteroatoms. The zero-order chi connectivity index (χ0) is 21.3. The average molecular weight is 420 g/mol. The van der Waals surface area contributed by atoms with Crippen LogP contribution >= 0.6 is 11.6 Å². The number of nitrogens with one attached hydrogen (secondary N) is 1. The molecular weight excluding hydrogens is 398 g/mol. The van der Waals surface area contributed by atoms with Crippen LogP contribution in [-0.2, 0) is 4.79 Å². The molecule has 0 aliphatic heterocycles. The van der Waals surface area contributed by atoms with Gasteiger partial charge in [0.1, 0.15) is 11.4 Å². The minimum atomic E-state index is -1.07. The number of pyridine rings is 1. The second kappa shape index (κ2) is 7.84. The first kappa shape index (κ1) is 20.0. The monoisotopic (exact) mass is 419 g/mol.